The molecule has 114 valence electrons. The summed E-state index contributed by atoms with van der Waals surface area (Å²) in [5, 5.41) is 16.1. The van der Waals surface area contributed by atoms with Gasteiger partial charge in [0.2, 0.25) is 0 Å². The average Bonchev–Trinajstić information content (AvgIpc) is 2.43. The fraction of sp³-hybridized carbons (Fsp3) is 0.385. The number of likely N-dealkylation sites (tertiary alicyclic amines) is 1. The van der Waals surface area contributed by atoms with Crippen LogP contribution in [0.5, 0.6) is 0 Å². The van der Waals surface area contributed by atoms with E-state index in [1.165, 1.54) is 4.90 Å². The summed E-state index contributed by atoms with van der Waals surface area (Å²) in [7, 11) is 0. The van der Waals surface area contributed by atoms with E-state index in [0.29, 0.717) is 34.6 Å². The smallest absolute Gasteiger partial charge is 0.407 e. The van der Waals surface area contributed by atoms with Gasteiger partial charge in [0.25, 0.3) is 0 Å². The highest BCUT2D eigenvalue weighted by Crippen LogP contribution is 2.23. The third-order valence-electron chi connectivity index (χ3n) is 3.36. The lowest BCUT2D eigenvalue weighted by molar-refractivity contribution is 0.131. The molecule has 1 aliphatic heterocycles. The van der Waals surface area contributed by atoms with Gasteiger partial charge in [-0.1, -0.05) is 11.6 Å². The molecule has 2 rings (SSSR count). The third-order valence-corrected chi connectivity index (χ3v) is 3.82. The first kappa shape index (κ1) is 15.7. The van der Waals surface area contributed by atoms with Crippen molar-refractivity contribution in [2.24, 2.45) is 0 Å². The van der Waals surface area contributed by atoms with E-state index in [0.717, 1.165) is 12.8 Å². The van der Waals surface area contributed by atoms with Crippen molar-refractivity contribution >= 4 is 46.4 Å². The third kappa shape index (κ3) is 4.37. The van der Waals surface area contributed by atoms with Crippen molar-refractivity contribution < 1.29 is 9.90 Å². The van der Waals surface area contributed by atoms with Crippen LogP contribution in [0, 0.1) is 0 Å². The van der Waals surface area contributed by atoms with Crippen LogP contribution < -0.4 is 16.4 Å². The van der Waals surface area contributed by atoms with Gasteiger partial charge in [0.15, 0.2) is 5.11 Å². The Morgan fingerprint density at radius 3 is 2.71 bits per heavy atom. The van der Waals surface area contributed by atoms with Gasteiger partial charge in [-0.15, -0.1) is 0 Å². The summed E-state index contributed by atoms with van der Waals surface area (Å²) < 4.78 is 0. The standard InChI is InChI=1S/C13H17ClN4O2S/c14-8-1-2-10(15)11(7-8)17-12(21)16-9-3-5-18(6-4-9)13(19)20/h1-2,7,9H,3-6,15H2,(H,19,20)(H2,16,17,21). The van der Waals surface area contributed by atoms with Crippen molar-refractivity contribution in [3.63, 3.8) is 0 Å². The molecule has 0 saturated carbocycles. The molecule has 1 heterocycles. The van der Waals surface area contributed by atoms with E-state index in [1.807, 2.05) is 0 Å². The van der Waals surface area contributed by atoms with E-state index in [4.69, 9.17) is 34.7 Å². The molecular weight excluding hydrogens is 312 g/mol. The summed E-state index contributed by atoms with van der Waals surface area (Å²) in [6.07, 6.45) is 0.569. The number of halogens is 1. The number of nitrogen functional groups attached to an aromatic ring is 1. The van der Waals surface area contributed by atoms with Crippen molar-refractivity contribution in [1.29, 1.82) is 0 Å². The molecule has 0 bridgehead atoms. The van der Waals surface area contributed by atoms with Crippen LogP contribution in [0.2, 0.25) is 5.02 Å². The van der Waals surface area contributed by atoms with Crippen molar-refractivity contribution in [2.75, 3.05) is 24.1 Å². The molecule has 5 N–H and O–H groups in total. The number of amides is 1. The van der Waals surface area contributed by atoms with Gasteiger partial charge >= 0.3 is 6.09 Å². The molecule has 0 aliphatic carbocycles. The predicted octanol–water partition coefficient (Wildman–Crippen LogP) is 2.35. The number of carbonyl (C=O) groups is 1. The molecule has 8 heteroatoms. The SMILES string of the molecule is Nc1ccc(Cl)cc1NC(=S)NC1CCN(C(=O)O)CC1. The van der Waals surface area contributed by atoms with E-state index < -0.39 is 6.09 Å². The Hall–Kier alpha value is -1.73. The predicted molar refractivity (Wildman–Crippen MR) is 87.8 cm³/mol. The number of nitrogens with one attached hydrogen (secondary N) is 2. The molecule has 0 unspecified atom stereocenters. The number of nitrogens with two attached hydrogens (primary N) is 1. The number of benzene rings is 1. The highest BCUT2D eigenvalue weighted by Gasteiger charge is 2.22. The van der Waals surface area contributed by atoms with Crippen LogP contribution in [0.4, 0.5) is 16.2 Å². The molecule has 0 aromatic heterocycles. The maximum atomic E-state index is 10.8. The lowest BCUT2D eigenvalue weighted by Crippen LogP contribution is -2.47. The highest BCUT2D eigenvalue weighted by atomic mass is 35.5. The van der Waals surface area contributed by atoms with Crippen molar-refractivity contribution in [1.82, 2.24) is 10.2 Å². The molecule has 1 aliphatic rings. The van der Waals surface area contributed by atoms with E-state index in [9.17, 15) is 4.79 Å². The molecular formula is C13H17ClN4O2S. The Morgan fingerprint density at radius 1 is 1.43 bits per heavy atom. The van der Waals surface area contributed by atoms with Crippen LogP contribution in [0.1, 0.15) is 12.8 Å². The van der Waals surface area contributed by atoms with Gasteiger partial charge in [-0.2, -0.15) is 0 Å². The number of nitrogens with zero attached hydrogens (tertiary/aromatic N) is 1. The Morgan fingerprint density at radius 2 is 2.10 bits per heavy atom. The highest BCUT2D eigenvalue weighted by molar-refractivity contribution is 7.80. The number of rotatable bonds is 2. The normalized spacial score (nSPS) is 15.6. The first-order valence-electron chi connectivity index (χ1n) is 6.56. The van der Waals surface area contributed by atoms with Crippen LogP contribution in [-0.2, 0) is 0 Å². The zero-order valence-electron chi connectivity index (χ0n) is 11.3. The molecule has 0 spiro atoms. The number of hydrogen-bond acceptors (Lipinski definition) is 3. The van der Waals surface area contributed by atoms with Gasteiger partial charge in [0.1, 0.15) is 0 Å². The van der Waals surface area contributed by atoms with E-state index in [-0.39, 0.29) is 6.04 Å². The Balaban J connectivity index is 1.85. The molecule has 0 atom stereocenters. The summed E-state index contributed by atoms with van der Waals surface area (Å²) in [6, 6.07) is 5.28. The minimum atomic E-state index is -0.874. The molecule has 1 aromatic rings. The second kappa shape index (κ2) is 6.82. The first-order valence-corrected chi connectivity index (χ1v) is 7.34. The summed E-state index contributed by atoms with van der Waals surface area (Å²) in [4.78, 5) is 12.2. The molecule has 1 aromatic carbocycles. The van der Waals surface area contributed by atoms with Gasteiger partial charge in [-0.25, -0.2) is 4.79 Å². The van der Waals surface area contributed by atoms with Crippen LogP contribution in [0.3, 0.4) is 0 Å². The molecule has 1 fully saturated rings. The minimum absolute atomic E-state index is 0.154. The van der Waals surface area contributed by atoms with Crippen LogP contribution in [0.25, 0.3) is 0 Å². The second-order valence-electron chi connectivity index (χ2n) is 4.87. The maximum Gasteiger partial charge on any atom is 0.407 e. The van der Waals surface area contributed by atoms with E-state index >= 15 is 0 Å². The number of hydrogen-bond donors (Lipinski definition) is 4. The average molecular weight is 329 g/mol. The fourth-order valence-electron chi connectivity index (χ4n) is 2.20. The zero-order chi connectivity index (χ0) is 15.4. The van der Waals surface area contributed by atoms with Gasteiger partial charge < -0.3 is 26.4 Å². The summed E-state index contributed by atoms with van der Waals surface area (Å²) in [5.41, 5.74) is 7.06. The lowest BCUT2D eigenvalue weighted by Gasteiger charge is -2.31. The van der Waals surface area contributed by atoms with Gasteiger partial charge in [0, 0.05) is 24.2 Å². The van der Waals surface area contributed by atoms with E-state index in [2.05, 4.69) is 10.6 Å². The number of carboxylic acid groups (broad SMARTS) is 1. The van der Waals surface area contributed by atoms with Crippen molar-refractivity contribution in [2.45, 2.75) is 18.9 Å². The Labute approximate surface area is 133 Å². The molecule has 0 radical (unpaired) electrons. The summed E-state index contributed by atoms with van der Waals surface area (Å²) >= 11 is 11.2. The van der Waals surface area contributed by atoms with Crippen molar-refractivity contribution in [3.8, 4) is 0 Å². The number of anilines is 2. The second-order valence-corrected chi connectivity index (χ2v) is 5.72. The van der Waals surface area contributed by atoms with Crippen LogP contribution in [0.15, 0.2) is 18.2 Å². The molecule has 6 nitrogen and oxygen atoms in total. The van der Waals surface area contributed by atoms with Crippen LogP contribution >= 0.6 is 23.8 Å². The van der Waals surface area contributed by atoms with Gasteiger partial charge in [-0.05, 0) is 43.3 Å². The number of thiocarbonyl (C=S) groups is 1. The summed E-state index contributed by atoms with van der Waals surface area (Å²) in [5.74, 6) is 0. The zero-order valence-corrected chi connectivity index (χ0v) is 12.9. The Kier molecular flexibility index (Phi) is 5.08. The maximum absolute atomic E-state index is 10.8. The van der Waals surface area contributed by atoms with Gasteiger partial charge in [-0.3, -0.25) is 0 Å². The largest absolute Gasteiger partial charge is 0.465 e. The molecule has 1 saturated heterocycles. The monoisotopic (exact) mass is 328 g/mol. The lowest BCUT2D eigenvalue weighted by atomic mass is 10.1. The topological polar surface area (TPSA) is 90.6 Å². The summed E-state index contributed by atoms with van der Waals surface area (Å²) in [6.45, 7) is 1.02. The minimum Gasteiger partial charge on any atom is -0.465 e. The number of piperidine rings is 1. The Bertz CT molecular complexity index is 547. The van der Waals surface area contributed by atoms with Crippen molar-refractivity contribution in [3.05, 3.63) is 23.2 Å². The first-order chi connectivity index (χ1) is 9.95. The van der Waals surface area contributed by atoms with Crippen LogP contribution in [-0.4, -0.2) is 40.3 Å². The van der Waals surface area contributed by atoms with Gasteiger partial charge in [0.05, 0.1) is 11.4 Å². The molecule has 1 amide bonds. The quantitative estimate of drug-likeness (QED) is 0.492. The fourth-order valence-corrected chi connectivity index (χ4v) is 2.64. The van der Waals surface area contributed by atoms with E-state index in [1.54, 1.807) is 18.2 Å². The molecule has 21 heavy (non-hydrogen) atoms.